The molecule has 1 amide bonds. The Morgan fingerprint density at radius 1 is 1.10 bits per heavy atom. The Labute approximate surface area is 173 Å². The Kier molecular flexibility index (Phi) is 6.67. The second-order valence-electron chi connectivity index (χ2n) is 8.76. The van der Waals surface area contributed by atoms with E-state index in [1.165, 1.54) is 0 Å². The second kappa shape index (κ2) is 9.03. The van der Waals surface area contributed by atoms with Gasteiger partial charge in [-0.2, -0.15) is 0 Å². The fourth-order valence-corrected chi connectivity index (χ4v) is 3.70. The first-order valence-electron chi connectivity index (χ1n) is 10.4. The van der Waals surface area contributed by atoms with Gasteiger partial charge in [-0.3, -0.25) is 4.79 Å². The third-order valence-electron chi connectivity index (χ3n) is 5.29. The van der Waals surface area contributed by atoms with Gasteiger partial charge in [0.1, 0.15) is 5.60 Å². The Hall–Kier alpha value is -2.28. The number of rotatable bonds is 4. The summed E-state index contributed by atoms with van der Waals surface area (Å²) in [4.78, 5) is 28.5. The minimum atomic E-state index is -0.547. The standard InChI is InChI=1S/C22H33N3O4/c1-16(26)24-9-11-25(12-10-24)18-5-6-19(21(27)29-22(2,3)4)20(15-18)23-17-7-13-28-14-8-17/h5-6,15,17,23H,7-14H2,1-4H3. The van der Waals surface area contributed by atoms with Crippen molar-refractivity contribution in [3.63, 3.8) is 0 Å². The van der Waals surface area contributed by atoms with Crippen LogP contribution in [0.2, 0.25) is 0 Å². The molecule has 7 nitrogen and oxygen atoms in total. The zero-order chi connectivity index (χ0) is 21.0. The summed E-state index contributed by atoms with van der Waals surface area (Å²) < 4.78 is 11.1. The third-order valence-corrected chi connectivity index (χ3v) is 5.29. The molecule has 2 aliphatic rings. The Bertz CT molecular complexity index is 730. The van der Waals surface area contributed by atoms with Gasteiger partial charge in [0, 0.05) is 58.0 Å². The van der Waals surface area contributed by atoms with Crippen LogP contribution in [0.4, 0.5) is 11.4 Å². The molecule has 0 aromatic heterocycles. The summed E-state index contributed by atoms with van der Waals surface area (Å²) in [5.74, 6) is -0.202. The molecule has 1 aromatic carbocycles. The number of nitrogens with zero attached hydrogens (tertiary/aromatic N) is 2. The number of amides is 1. The summed E-state index contributed by atoms with van der Waals surface area (Å²) >= 11 is 0. The maximum Gasteiger partial charge on any atom is 0.340 e. The zero-order valence-corrected chi connectivity index (χ0v) is 18.0. The maximum absolute atomic E-state index is 12.8. The number of carbonyl (C=O) groups excluding carboxylic acids is 2. The van der Waals surface area contributed by atoms with E-state index in [1.807, 2.05) is 43.9 Å². The van der Waals surface area contributed by atoms with Crippen molar-refractivity contribution in [2.24, 2.45) is 0 Å². The molecule has 2 fully saturated rings. The van der Waals surface area contributed by atoms with Crippen LogP contribution < -0.4 is 10.2 Å². The fourth-order valence-electron chi connectivity index (χ4n) is 3.70. The molecule has 2 heterocycles. The Morgan fingerprint density at radius 2 is 1.76 bits per heavy atom. The maximum atomic E-state index is 12.8. The lowest BCUT2D eigenvalue weighted by molar-refractivity contribution is -0.129. The summed E-state index contributed by atoms with van der Waals surface area (Å²) in [6.45, 7) is 11.7. The van der Waals surface area contributed by atoms with Gasteiger partial charge in [-0.25, -0.2) is 4.79 Å². The topological polar surface area (TPSA) is 71.1 Å². The number of hydrogen-bond donors (Lipinski definition) is 1. The van der Waals surface area contributed by atoms with Crippen LogP contribution in [0.3, 0.4) is 0 Å². The Balaban J connectivity index is 1.81. The predicted molar refractivity (Wildman–Crippen MR) is 114 cm³/mol. The molecule has 3 rings (SSSR count). The average Bonchev–Trinajstić information content (AvgIpc) is 2.67. The number of ether oxygens (including phenoxy) is 2. The number of esters is 1. The van der Waals surface area contributed by atoms with Crippen molar-refractivity contribution in [3.05, 3.63) is 23.8 Å². The zero-order valence-electron chi connectivity index (χ0n) is 18.0. The monoisotopic (exact) mass is 403 g/mol. The molecule has 1 N–H and O–H groups in total. The van der Waals surface area contributed by atoms with Gasteiger partial charge in [0.2, 0.25) is 5.91 Å². The Morgan fingerprint density at radius 3 is 2.34 bits per heavy atom. The van der Waals surface area contributed by atoms with E-state index in [0.717, 1.165) is 50.5 Å². The number of carbonyl (C=O) groups is 2. The summed E-state index contributed by atoms with van der Waals surface area (Å²) in [5.41, 5.74) is 1.86. The van der Waals surface area contributed by atoms with Gasteiger partial charge >= 0.3 is 5.97 Å². The summed E-state index contributed by atoms with van der Waals surface area (Å²) in [7, 11) is 0. The lowest BCUT2D eigenvalue weighted by Gasteiger charge is -2.36. The van der Waals surface area contributed by atoms with Gasteiger partial charge < -0.3 is 24.6 Å². The fraction of sp³-hybridized carbons (Fsp3) is 0.636. The first-order valence-corrected chi connectivity index (χ1v) is 10.4. The first kappa shape index (κ1) is 21.4. The van der Waals surface area contributed by atoms with E-state index in [0.29, 0.717) is 18.7 Å². The molecule has 0 unspecified atom stereocenters. The lowest BCUT2D eigenvalue weighted by atomic mass is 10.1. The van der Waals surface area contributed by atoms with Crippen LogP contribution in [0, 0.1) is 0 Å². The third kappa shape index (κ3) is 5.85. The van der Waals surface area contributed by atoms with Crippen LogP contribution in [0.25, 0.3) is 0 Å². The molecule has 29 heavy (non-hydrogen) atoms. The van der Waals surface area contributed by atoms with Crippen molar-refractivity contribution in [2.75, 3.05) is 49.6 Å². The summed E-state index contributed by atoms with van der Waals surface area (Å²) in [5, 5.41) is 3.55. The molecule has 2 saturated heterocycles. The van der Waals surface area contributed by atoms with Crippen LogP contribution in [0.1, 0.15) is 50.9 Å². The van der Waals surface area contributed by atoms with E-state index in [2.05, 4.69) is 10.2 Å². The predicted octanol–water partition coefficient (Wildman–Crippen LogP) is 2.90. The van der Waals surface area contributed by atoms with E-state index in [-0.39, 0.29) is 17.9 Å². The highest BCUT2D eigenvalue weighted by Crippen LogP contribution is 2.28. The molecular formula is C22H33N3O4. The van der Waals surface area contributed by atoms with E-state index < -0.39 is 5.60 Å². The number of benzene rings is 1. The van der Waals surface area contributed by atoms with E-state index in [1.54, 1.807) is 6.92 Å². The van der Waals surface area contributed by atoms with Crippen LogP contribution in [-0.4, -0.2) is 67.8 Å². The summed E-state index contributed by atoms with van der Waals surface area (Å²) in [6, 6.07) is 6.13. The van der Waals surface area contributed by atoms with Crippen LogP contribution >= 0.6 is 0 Å². The largest absolute Gasteiger partial charge is 0.456 e. The van der Waals surface area contributed by atoms with Crippen molar-refractivity contribution in [1.29, 1.82) is 0 Å². The molecular weight excluding hydrogens is 370 g/mol. The van der Waals surface area contributed by atoms with Crippen molar-refractivity contribution >= 4 is 23.3 Å². The number of anilines is 2. The van der Waals surface area contributed by atoms with Gasteiger partial charge in [-0.15, -0.1) is 0 Å². The molecule has 0 bridgehead atoms. The number of piperazine rings is 1. The SMILES string of the molecule is CC(=O)N1CCN(c2ccc(C(=O)OC(C)(C)C)c(NC3CCOCC3)c2)CC1. The minimum absolute atomic E-state index is 0.117. The first-order chi connectivity index (χ1) is 13.7. The molecule has 2 aliphatic heterocycles. The smallest absolute Gasteiger partial charge is 0.340 e. The molecule has 7 heteroatoms. The van der Waals surface area contributed by atoms with Crippen molar-refractivity contribution in [2.45, 2.75) is 52.2 Å². The van der Waals surface area contributed by atoms with E-state index in [9.17, 15) is 9.59 Å². The van der Waals surface area contributed by atoms with Gasteiger partial charge in [0.25, 0.3) is 0 Å². The quantitative estimate of drug-likeness (QED) is 0.780. The second-order valence-corrected chi connectivity index (χ2v) is 8.76. The van der Waals surface area contributed by atoms with Gasteiger partial charge in [0.15, 0.2) is 0 Å². The molecule has 0 aliphatic carbocycles. The molecule has 0 atom stereocenters. The van der Waals surface area contributed by atoms with Crippen molar-refractivity contribution in [1.82, 2.24) is 4.90 Å². The van der Waals surface area contributed by atoms with Gasteiger partial charge in [-0.1, -0.05) is 0 Å². The summed E-state index contributed by atoms with van der Waals surface area (Å²) in [6.07, 6.45) is 1.82. The molecule has 0 radical (unpaired) electrons. The van der Waals surface area contributed by atoms with Crippen LogP contribution in [0.5, 0.6) is 0 Å². The number of nitrogens with one attached hydrogen (secondary N) is 1. The van der Waals surface area contributed by atoms with E-state index >= 15 is 0 Å². The van der Waals surface area contributed by atoms with Gasteiger partial charge in [0.05, 0.1) is 11.3 Å². The van der Waals surface area contributed by atoms with Crippen LogP contribution in [-0.2, 0) is 14.3 Å². The highest BCUT2D eigenvalue weighted by atomic mass is 16.6. The average molecular weight is 404 g/mol. The highest BCUT2D eigenvalue weighted by molar-refractivity contribution is 5.97. The van der Waals surface area contributed by atoms with Crippen molar-refractivity contribution < 1.29 is 19.1 Å². The molecule has 0 saturated carbocycles. The molecule has 160 valence electrons. The van der Waals surface area contributed by atoms with Crippen LogP contribution in [0.15, 0.2) is 18.2 Å². The normalized spacial score (nSPS) is 18.5. The lowest BCUT2D eigenvalue weighted by Crippen LogP contribution is -2.48. The molecule has 1 aromatic rings. The highest BCUT2D eigenvalue weighted by Gasteiger charge is 2.25. The number of hydrogen-bond acceptors (Lipinski definition) is 6. The molecule has 0 spiro atoms. The van der Waals surface area contributed by atoms with Crippen molar-refractivity contribution in [3.8, 4) is 0 Å². The minimum Gasteiger partial charge on any atom is -0.456 e. The van der Waals surface area contributed by atoms with E-state index in [4.69, 9.17) is 9.47 Å². The van der Waals surface area contributed by atoms with Gasteiger partial charge in [-0.05, 0) is 51.8 Å².